The van der Waals surface area contributed by atoms with Crippen LogP contribution in [0.25, 0.3) is 0 Å². The molecule has 0 radical (unpaired) electrons. The van der Waals surface area contributed by atoms with Gasteiger partial charge in [0.05, 0.1) is 6.42 Å². The molecule has 0 fully saturated rings. The van der Waals surface area contributed by atoms with E-state index >= 15 is 0 Å². The van der Waals surface area contributed by atoms with E-state index < -0.39 is 0 Å². The number of carbonyl (C=O) groups excluding carboxylic acids is 1. The standard InChI is InChI=1S/C18H19NO4/c1-19(18(21)11-13-2-5-15(20)6-3-13)12-14-4-7-16-17(10-14)23-9-8-22-16/h2-7,10,20H,8-9,11-12H2,1H3. The number of phenolic OH excluding ortho intramolecular Hbond substituents is 1. The minimum absolute atomic E-state index is 0.0191. The Balaban J connectivity index is 1.62. The molecular formula is C18H19NO4. The molecule has 120 valence electrons. The Morgan fingerprint density at radius 2 is 1.70 bits per heavy atom. The molecule has 5 heteroatoms. The summed E-state index contributed by atoms with van der Waals surface area (Å²) >= 11 is 0. The lowest BCUT2D eigenvalue weighted by Gasteiger charge is -2.21. The zero-order valence-electron chi connectivity index (χ0n) is 13.0. The van der Waals surface area contributed by atoms with Crippen LogP contribution in [0.15, 0.2) is 42.5 Å². The molecule has 2 aromatic rings. The zero-order chi connectivity index (χ0) is 16.2. The lowest BCUT2D eigenvalue weighted by molar-refractivity contribution is -0.129. The molecule has 0 aliphatic carbocycles. The van der Waals surface area contributed by atoms with Gasteiger partial charge in [0.25, 0.3) is 0 Å². The highest BCUT2D eigenvalue weighted by Crippen LogP contribution is 2.31. The third-order valence-electron chi connectivity index (χ3n) is 3.74. The lowest BCUT2D eigenvalue weighted by atomic mass is 10.1. The Bertz CT molecular complexity index is 697. The number of amides is 1. The number of ether oxygens (including phenoxy) is 2. The van der Waals surface area contributed by atoms with Gasteiger partial charge >= 0.3 is 0 Å². The molecule has 0 saturated heterocycles. The van der Waals surface area contributed by atoms with E-state index in [4.69, 9.17) is 9.47 Å². The van der Waals surface area contributed by atoms with Gasteiger partial charge in [-0.2, -0.15) is 0 Å². The number of phenols is 1. The number of likely N-dealkylation sites (N-methyl/N-ethyl adjacent to an activating group) is 1. The molecule has 3 rings (SSSR count). The van der Waals surface area contributed by atoms with Gasteiger partial charge < -0.3 is 19.5 Å². The fraction of sp³-hybridized carbons (Fsp3) is 0.278. The van der Waals surface area contributed by atoms with Crippen molar-refractivity contribution in [1.29, 1.82) is 0 Å². The first kappa shape index (κ1) is 15.2. The molecule has 0 unspecified atom stereocenters. The highest BCUT2D eigenvalue weighted by atomic mass is 16.6. The number of rotatable bonds is 4. The molecule has 5 nitrogen and oxygen atoms in total. The molecule has 2 aromatic carbocycles. The second-order valence-electron chi connectivity index (χ2n) is 5.57. The molecule has 1 amide bonds. The van der Waals surface area contributed by atoms with Gasteiger partial charge in [0.15, 0.2) is 11.5 Å². The largest absolute Gasteiger partial charge is 0.508 e. The summed E-state index contributed by atoms with van der Waals surface area (Å²) in [5, 5.41) is 9.27. The van der Waals surface area contributed by atoms with Gasteiger partial charge in [0.2, 0.25) is 5.91 Å². The van der Waals surface area contributed by atoms with E-state index in [0.29, 0.717) is 26.2 Å². The Kier molecular flexibility index (Phi) is 4.37. The average molecular weight is 313 g/mol. The van der Waals surface area contributed by atoms with Crippen molar-refractivity contribution >= 4 is 5.91 Å². The van der Waals surface area contributed by atoms with E-state index in [2.05, 4.69) is 0 Å². The van der Waals surface area contributed by atoms with Gasteiger partial charge in [0, 0.05) is 13.6 Å². The third kappa shape index (κ3) is 3.74. The molecule has 0 bridgehead atoms. The molecule has 0 aromatic heterocycles. The normalized spacial score (nSPS) is 12.7. The summed E-state index contributed by atoms with van der Waals surface area (Å²) in [6.07, 6.45) is 0.307. The van der Waals surface area contributed by atoms with Crippen LogP contribution in [0.2, 0.25) is 0 Å². The second-order valence-corrected chi connectivity index (χ2v) is 5.57. The van der Waals surface area contributed by atoms with Crippen LogP contribution in [-0.2, 0) is 17.8 Å². The summed E-state index contributed by atoms with van der Waals surface area (Å²) in [4.78, 5) is 14.0. The van der Waals surface area contributed by atoms with E-state index in [1.54, 1.807) is 36.2 Å². The predicted molar refractivity (Wildman–Crippen MR) is 85.7 cm³/mol. The number of hydrogen-bond acceptors (Lipinski definition) is 4. The smallest absolute Gasteiger partial charge is 0.227 e. The SMILES string of the molecule is CN(Cc1ccc2c(c1)OCCO2)C(=O)Cc1ccc(O)cc1. The summed E-state index contributed by atoms with van der Waals surface area (Å²) in [6, 6.07) is 12.4. The Labute approximate surface area is 135 Å². The van der Waals surface area contributed by atoms with Crippen LogP contribution in [0.1, 0.15) is 11.1 Å². The quantitative estimate of drug-likeness (QED) is 0.941. The van der Waals surface area contributed by atoms with E-state index in [9.17, 15) is 9.90 Å². The fourth-order valence-corrected chi connectivity index (χ4v) is 2.47. The lowest BCUT2D eigenvalue weighted by Crippen LogP contribution is -2.27. The number of fused-ring (bicyclic) bond motifs is 1. The average Bonchev–Trinajstić information content (AvgIpc) is 2.56. The highest BCUT2D eigenvalue weighted by Gasteiger charge is 2.14. The molecule has 0 saturated carbocycles. The number of nitrogens with zero attached hydrogens (tertiary/aromatic N) is 1. The fourth-order valence-electron chi connectivity index (χ4n) is 2.47. The van der Waals surface area contributed by atoms with E-state index in [1.165, 1.54) is 0 Å². The second kappa shape index (κ2) is 6.60. The van der Waals surface area contributed by atoms with Crippen molar-refractivity contribution in [3.05, 3.63) is 53.6 Å². The van der Waals surface area contributed by atoms with E-state index in [-0.39, 0.29) is 11.7 Å². The van der Waals surface area contributed by atoms with Gasteiger partial charge in [-0.05, 0) is 35.4 Å². The predicted octanol–water partition coefficient (Wildman–Crippen LogP) is 2.36. The molecule has 0 spiro atoms. The van der Waals surface area contributed by atoms with E-state index in [0.717, 1.165) is 22.6 Å². The number of carbonyl (C=O) groups is 1. The van der Waals surface area contributed by atoms with Gasteiger partial charge in [-0.15, -0.1) is 0 Å². The highest BCUT2D eigenvalue weighted by molar-refractivity contribution is 5.78. The summed E-state index contributed by atoms with van der Waals surface area (Å²) in [7, 11) is 1.78. The number of aromatic hydroxyl groups is 1. The zero-order valence-corrected chi connectivity index (χ0v) is 13.0. The van der Waals surface area contributed by atoms with Crippen molar-refractivity contribution in [2.24, 2.45) is 0 Å². The van der Waals surface area contributed by atoms with Gasteiger partial charge in [-0.1, -0.05) is 18.2 Å². The first-order chi connectivity index (χ1) is 11.1. The van der Waals surface area contributed by atoms with Crippen LogP contribution in [0.4, 0.5) is 0 Å². The maximum atomic E-state index is 12.3. The summed E-state index contributed by atoms with van der Waals surface area (Å²) in [6.45, 7) is 1.62. The molecule has 1 aliphatic rings. The van der Waals surface area contributed by atoms with Crippen LogP contribution < -0.4 is 9.47 Å². The Morgan fingerprint density at radius 3 is 2.43 bits per heavy atom. The number of benzene rings is 2. The van der Waals surface area contributed by atoms with Gasteiger partial charge in [0.1, 0.15) is 19.0 Å². The maximum Gasteiger partial charge on any atom is 0.227 e. The van der Waals surface area contributed by atoms with Crippen molar-refractivity contribution in [2.45, 2.75) is 13.0 Å². The van der Waals surface area contributed by atoms with Crippen LogP contribution in [0.5, 0.6) is 17.2 Å². The van der Waals surface area contributed by atoms with Crippen molar-refractivity contribution in [3.8, 4) is 17.2 Å². The topological polar surface area (TPSA) is 59.0 Å². The first-order valence-corrected chi connectivity index (χ1v) is 7.52. The van der Waals surface area contributed by atoms with Crippen LogP contribution in [0, 0.1) is 0 Å². The van der Waals surface area contributed by atoms with Crippen molar-refractivity contribution in [3.63, 3.8) is 0 Å². The first-order valence-electron chi connectivity index (χ1n) is 7.52. The molecule has 1 N–H and O–H groups in total. The Hall–Kier alpha value is -2.69. The maximum absolute atomic E-state index is 12.3. The molecular weight excluding hydrogens is 294 g/mol. The number of hydrogen-bond donors (Lipinski definition) is 1. The summed E-state index contributed by atoms with van der Waals surface area (Å²) in [5.74, 6) is 1.70. The molecule has 1 aliphatic heterocycles. The minimum Gasteiger partial charge on any atom is -0.508 e. The van der Waals surface area contributed by atoms with Gasteiger partial charge in [-0.3, -0.25) is 4.79 Å². The van der Waals surface area contributed by atoms with Crippen LogP contribution in [-0.4, -0.2) is 36.2 Å². The van der Waals surface area contributed by atoms with Crippen LogP contribution >= 0.6 is 0 Å². The van der Waals surface area contributed by atoms with Crippen LogP contribution in [0.3, 0.4) is 0 Å². The Morgan fingerprint density at radius 1 is 1.04 bits per heavy atom. The minimum atomic E-state index is 0.0191. The monoisotopic (exact) mass is 313 g/mol. The van der Waals surface area contributed by atoms with Crippen molar-refractivity contribution < 1.29 is 19.4 Å². The molecule has 0 atom stereocenters. The molecule has 23 heavy (non-hydrogen) atoms. The summed E-state index contributed by atoms with van der Waals surface area (Å²) in [5.41, 5.74) is 1.87. The van der Waals surface area contributed by atoms with Gasteiger partial charge in [-0.25, -0.2) is 0 Å². The van der Waals surface area contributed by atoms with Crippen molar-refractivity contribution in [1.82, 2.24) is 4.90 Å². The van der Waals surface area contributed by atoms with E-state index in [1.807, 2.05) is 18.2 Å². The van der Waals surface area contributed by atoms with Crippen molar-refractivity contribution in [2.75, 3.05) is 20.3 Å². The molecule has 1 heterocycles. The summed E-state index contributed by atoms with van der Waals surface area (Å²) < 4.78 is 11.1. The third-order valence-corrected chi connectivity index (χ3v) is 3.74.